The summed E-state index contributed by atoms with van der Waals surface area (Å²) in [7, 11) is 0. The molecule has 5 nitrogen and oxygen atoms in total. The average molecular weight is 316 g/mol. The van der Waals surface area contributed by atoms with Crippen molar-refractivity contribution in [1.29, 1.82) is 0 Å². The zero-order chi connectivity index (χ0) is 15.9. The quantitative estimate of drug-likeness (QED) is 0.827. The first-order valence-corrected chi connectivity index (χ1v) is 8.85. The Morgan fingerprint density at radius 2 is 2.00 bits per heavy atom. The minimum Gasteiger partial charge on any atom is -0.338 e. The molecule has 0 spiro atoms. The fraction of sp³-hybridized carbons (Fsp3) is 0.611. The van der Waals surface area contributed by atoms with E-state index in [0.717, 1.165) is 58.7 Å². The lowest BCUT2D eigenvalue weighted by atomic mass is 10.0. The monoisotopic (exact) mass is 316 g/mol. The van der Waals surface area contributed by atoms with Gasteiger partial charge in [0.2, 0.25) is 0 Å². The van der Waals surface area contributed by atoms with Gasteiger partial charge in [-0.1, -0.05) is 24.3 Å². The second-order valence-corrected chi connectivity index (χ2v) is 6.47. The van der Waals surface area contributed by atoms with E-state index < -0.39 is 0 Å². The summed E-state index contributed by atoms with van der Waals surface area (Å²) in [6, 6.07) is 8.50. The van der Waals surface area contributed by atoms with E-state index in [4.69, 9.17) is 0 Å². The molecule has 2 aliphatic rings. The number of carbonyl (C=O) groups excluding carboxylic acids is 1. The Hall–Kier alpha value is -1.59. The fourth-order valence-electron chi connectivity index (χ4n) is 3.40. The number of fused-ring (bicyclic) bond motifs is 1. The molecule has 1 fully saturated rings. The summed E-state index contributed by atoms with van der Waals surface area (Å²) in [4.78, 5) is 16.7. The van der Waals surface area contributed by atoms with Gasteiger partial charge < -0.3 is 20.4 Å². The Labute approximate surface area is 139 Å². The van der Waals surface area contributed by atoms with Crippen LogP contribution in [0.2, 0.25) is 0 Å². The Kier molecular flexibility index (Phi) is 5.88. The van der Waals surface area contributed by atoms with Crippen LogP contribution in [0.3, 0.4) is 0 Å². The molecule has 3 rings (SSSR count). The van der Waals surface area contributed by atoms with Crippen LogP contribution >= 0.6 is 0 Å². The topological polar surface area (TPSA) is 47.6 Å². The summed E-state index contributed by atoms with van der Waals surface area (Å²) >= 11 is 0. The molecule has 2 N–H and O–H groups in total. The Bertz CT molecular complexity index is 511. The third-order valence-electron chi connectivity index (χ3n) is 4.78. The van der Waals surface area contributed by atoms with Crippen molar-refractivity contribution in [2.24, 2.45) is 0 Å². The van der Waals surface area contributed by atoms with Gasteiger partial charge in [-0.3, -0.25) is 0 Å². The molecule has 1 aromatic rings. The molecule has 0 unspecified atom stereocenters. The van der Waals surface area contributed by atoms with Gasteiger partial charge in [-0.05, 0) is 50.0 Å². The fourth-order valence-corrected chi connectivity index (χ4v) is 3.40. The average Bonchev–Trinajstić information content (AvgIpc) is 2.87. The van der Waals surface area contributed by atoms with Gasteiger partial charge in [-0.15, -0.1) is 0 Å². The lowest BCUT2D eigenvalue weighted by Gasteiger charge is -2.29. The van der Waals surface area contributed by atoms with Crippen molar-refractivity contribution in [3.63, 3.8) is 0 Å². The van der Waals surface area contributed by atoms with E-state index in [0.29, 0.717) is 0 Å². The third kappa shape index (κ3) is 4.69. The van der Waals surface area contributed by atoms with Crippen molar-refractivity contribution in [1.82, 2.24) is 20.4 Å². The maximum absolute atomic E-state index is 12.3. The second-order valence-electron chi connectivity index (χ2n) is 6.47. The van der Waals surface area contributed by atoms with Gasteiger partial charge in [0.25, 0.3) is 0 Å². The summed E-state index contributed by atoms with van der Waals surface area (Å²) < 4.78 is 0. The predicted octanol–water partition coefficient (Wildman–Crippen LogP) is 1.44. The highest BCUT2D eigenvalue weighted by molar-refractivity contribution is 5.74. The molecule has 0 saturated carbocycles. The molecule has 0 bridgehead atoms. The molecule has 0 aliphatic carbocycles. The number of rotatable bonds is 4. The molecular weight excluding hydrogens is 288 g/mol. The largest absolute Gasteiger partial charge is 0.338 e. The second kappa shape index (κ2) is 8.31. The molecule has 1 aromatic carbocycles. The lowest BCUT2D eigenvalue weighted by Crippen LogP contribution is -2.43. The van der Waals surface area contributed by atoms with Gasteiger partial charge >= 0.3 is 6.03 Å². The van der Waals surface area contributed by atoms with E-state index >= 15 is 0 Å². The molecule has 0 radical (unpaired) electrons. The van der Waals surface area contributed by atoms with Crippen molar-refractivity contribution >= 4 is 6.03 Å². The van der Waals surface area contributed by atoms with E-state index in [1.165, 1.54) is 24.1 Å². The number of amides is 2. The number of nitrogens with zero attached hydrogens (tertiary/aromatic N) is 2. The number of carbonyl (C=O) groups is 1. The van der Waals surface area contributed by atoms with Crippen LogP contribution in [0, 0.1) is 0 Å². The van der Waals surface area contributed by atoms with E-state index in [9.17, 15) is 4.79 Å². The maximum atomic E-state index is 12.3. The van der Waals surface area contributed by atoms with Crippen LogP contribution in [0.25, 0.3) is 0 Å². The van der Waals surface area contributed by atoms with E-state index in [1.807, 2.05) is 4.90 Å². The van der Waals surface area contributed by atoms with Crippen molar-refractivity contribution in [3.05, 3.63) is 35.4 Å². The summed E-state index contributed by atoms with van der Waals surface area (Å²) in [5, 5.41) is 6.50. The zero-order valence-electron chi connectivity index (χ0n) is 13.9. The van der Waals surface area contributed by atoms with Crippen LogP contribution in [0.1, 0.15) is 24.0 Å². The van der Waals surface area contributed by atoms with E-state index in [2.05, 4.69) is 39.8 Å². The Morgan fingerprint density at radius 3 is 2.91 bits per heavy atom. The van der Waals surface area contributed by atoms with Crippen LogP contribution in [-0.4, -0.2) is 61.6 Å². The Balaban J connectivity index is 1.37. The van der Waals surface area contributed by atoms with Crippen molar-refractivity contribution in [3.8, 4) is 0 Å². The molecule has 5 heteroatoms. The third-order valence-corrected chi connectivity index (χ3v) is 4.78. The standard InChI is InChI=1S/C18H28N4O/c23-18(20-9-4-12-21-11-3-8-19-10-14-21)22-13-7-16-5-1-2-6-17(16)15-22/h1-2,5-6,19H,3-4,7-15H2,(H,20,23). The van der Waals surface area contributed by atoms with Crippen LogP contribution in [0.5, 0.6) is 0 Å². The normalized spacial score (nSPS) is 19.0. The lowest BCUT2D eigenvalue weighted by molar-refractivity contribution is 0.191. The van der Waals surface area contributed by atoms with Gasteiger partial charge in [-0.25, -0.2) is 4.79 Å². The van der Waals surface area contributed by atoms with Gasteiger partial charge in [0.1, 0.15) is 0 Å². The molecule has 126 valence electrons. The van der Waals surface area contributed by atoms with Gasteiger partial charge in [0, 0.05) is 32.7 Å². The molecular formula is C18H28N4O. The first-order valence-electron chi connectivity index (χ1n) is 8.85. The van der Waals surface area contributed by atoms with Crippen molar-refractivity contribution in [2.45, 2.75) is 25.8 Å². The van der Waals surface area contributed by atoms with Gasteiger partial charge in [-0.2, -0.15) is 0 Å². The maximum Gasteiger partial charge on any atom is 0.317 e. The minimum atomic E-state index is 0.0806. The number of hydrogen-bond acceptors (Lipinski definition) is 3. The zero-order valence-corrected chi connectivity index (χ0v) is 13.9. The molecule has 23 heavy (non-hydrogen) atoms. The summed E-state index contributed by atoms with van der Waals surface area (Å²) in [5.74, 6) is 0. The first kappa shape index (κ1) is 16.3. The summed E-state index contributed by atoms with van der Waals surface area (Å²) in [5.41, 5.74) is 2.66. The first-order chi connectivity index (χ1) is 11.3. The van der Waals surface area contributed by atoms with Crippen LogP contribution in [-0.2, 0) is 13.0 Å². The summed E-state index contributed by atoms with van der Waals surface area (Å²) in [6.07, 6.45) is 3.21. The van der Waals surface area contributed by atoms with Crippen LogP contribution < -0.4 is 10.6 Å². The molecule has 0 aromatic heterocycles. The molecule has 2 heterocycles. The highest BCUT2D eigenvalue weighted by Crippen LogP contribution is 2.18. The number of benzene rings is 1. The SMILES string of the molecule is O=C(NCCCN1CCCNCC1)N1CCc2ccccc2C1. The van der Waals surface area contributed by atoms with Gasteiger partial charge in [0.15, 0.2) is 0 Å². The number of hydrogen-bond donors (Lipinski definition) is 2. The van der Waals surface area contributed by atoms with Crippen LogP contribution in [0.4, 0.5) is 4.79 Å². The highest BCUT2D eigenvalue weighted by atomic mass is 16.2. The highest BCUT2D eigenvalue weighted by Gasteiger charge is 2.19. The molecule has 0 atom stereocenters. The van der Waals surface area contributed by atoms with E-state index in [-0.39, 0.29) is 6.03 Å². The van der Waals surface area contributed by atoms with Gasteiger partial charge in [0.05, 0.1) is 0 Å². The number of urea groups is 1. The van der Waals surface area contributed by atoms with Crippen molar-refractivity contribution in [2.75, 3.05) is 45.8 Å². The molecule has 2 amide bonds. The Morgan fingerprint density at radius 1 is 1.13 bits per heavy atom. The minimum absolute atomic E-state index is 0.0806. The van der Waals surface area contributed by atoms with Crippen LogP contribution in [0.15, 0.2) is 24.3 Å². The predicted molar refractivity (Wildman–Crippen MR) is 92.5 cm³/mol. The smallest absolute Gasteiger partial charge is 0.317 e. The summed E-state index contributed by atoms with van der Waals surface area (Å²) in [6.45, 7) is 7.90. The number of nitrogens with one attached hydrogen (secondary N) is 2. The van der Waals surface area contributed by atoms with Crippen molar-refractivity contribution < 1.29 is 4.79 Å². The molecule has 2 aliphatic heterocycles. The molecule has 1 saturated heterocycles. The van der Waals surface area contributed by atoms with E-state index in [1.54, 1.807) is 0 Å².